The highest BCUT2D eigenvalue weighted by atomic mass is 32.2. The number of alkyl carbamates (subject to hydrolysis) is 1. The van der Waals surface area contributed by atoms with Crippen LogP contribution < -0.4 is 15.2 Å². The molecule has 0 fully saturated rings. The summed E-state index contributed by atoms with van der Waals surface area (Å²) in [6.07, 6.45) is 2.31. The maximum Gasteiger partial charge on any atom is 0.408 e. The van der Waals surface area contributed by atoms with Gasteiger partial charge in [0, 0.05) is 12.1 Å². The molecule has 0 bridgehead atoms. The predicted molar refractivity (Wildman–Crippen MR) is 147 cm³/mol. The minimum Gasteiger partial charge on any atom is -0.445 e. The van der Waals surface area contributed by atoms with Crippen LogP contribution in [0.3, 0.4) is 0 Å². The van der Waals surface area contributed by atoms with E-state index in [2.05, 4.69) is 21.6 Å². The number of nitrogens with two attached hydrogens (primary N) is 1. The molecular weight excluding hydrogens is 490 g/mol. The van der Waals surface area contributed by atoms with Crippen molar-refractivity contribution < 1.29 is 17.9 Å². The third-order valence-electron chi connectivity index (χ3n) is 5.56. The lowest BCUT2D eigenvalue weighted by Gasteiger charge is -2.19. The van der Waals surface area contributed by atoms with Crippen molar-refractivity contribution in [2.24, 2.45) is 10.1 Å². The molecule has 0 aliphatic carbocycles. The number of amides is 1. The molecule has 3 aromatic rings. The molecule has 3 rings (SSSR count). The maximum absolute atomic E-state index is 12.6. The quantitative estimate of drug-likeness (QED) is 0.162. The molecule has 5 N–H and O–H groups in total. The number of rotatable bonds is 12. The van der Waals surface area contributed by atoms with Gasteiger partial charge in [-0.1, -0.05) is 73.3 Å². The zero-order valence-corrected chi connectivity index (χ0v) is 21.2. The molecule has 0 saturated carbocycles. The minimum absolute atomic E-state index is 0.0287. The summed E-state index contributed by atoms with van der Waals surface area (Å²) in [5.41, 5.74) is 1.87. The van der Waals surface area contributed by atoms with Crippen LogP contribution in [0.4, 0.5) is 4.79 Å². The third kappa shape index (κ3) is 9.26. The van der Waals surface area contributed by atoms with E-state index in [4.69, 9.17) is 15.3 Å². The van der Waals surface area contributed by atoms with Gasteiger partial charge in [-0.15, -0.1) is 0 Å². The summed E-state index contributed by atoms with van der Waals surface area (Å²) in [4.78, 5) is 17.0. The van der Waals surface area contributed by atoms with E-state index >= 15 is 0 Å². The lowest BCUT2D eigenvalue weighted by molar-refractivity contribution is 0.137. The van der Waals surface area contributed by atoms with Crippen LogP contribution in [0.25, 0.3) is 10.8 Å². The first-order valence-electron chi connectivity index (χ1n) is 11.8. The Labute approximate surface area is 217 Å². The predicted octanol–water partition coefficient (Wildman–Crippen LogP) is 4.05. The average Bonchev–Trinajstić information content (AvgIpc) is 2.89. The maximum atomic E-state index is 12.6. The van der Waals surface area contributed by atoms with Crippen molar-refractivity contribution in [1.29, 1.82) is 5.41 Å². The average molecular weight is 522 g/mol. The SMILES string of the molecule is C=CC(=NC(=N)c1ccc2ccccc2c1)[C@H](CCCCNS(N)(=O)=O)NC(=O)OCc1ccccc1. The molecule has 9 nitrogen and oxygen atoms in total. The van der Waals surface area contributed by atoms with Crippen LogP contribution >= 0.6 is 0 Å². The van der Waals surface area contributed by atoms with Crippen LogP contribution in [-0.2, 0) is 21.6 Å². The molecule has 0 aliphatic heterocycles. The van der Waals surface area contributed by atoms with Crippen LogP contribution in [0.5, 0.6) is 0 Å². The van der Waals surface area contributed by atoms with Gasteiger partial charge in [0.05, 0.1) is 11.8 Å². The van der Waals surface area contributed by atoms with Crippen molar-refractivity contribution in [3.63, 3.8) is 0 Å². The van der Waals surface area contributed by atoms with E-state index in [-0.39, 0.29) is 19.0 Å². The van der Waals surface area contributed by atoms with Gasteiger partial charge in [0.15, 0.2) is 5.84 Å². The van der Waals surface area contributed by atoms with E-state index in [1.807, 2.05) is 72.8 Å². The second kappa shape index (κ2) is 13.4. The van der Waals surface area contributed by atoms with Crippen LogP contribution in [0, 0.1) is 5.41 Å². The molecule has 0 heterocycles. The van der Waals surface area contributed by atoms with Crippen LogP contribution in [0.1, 0.15) is 30.4 Å². The van der Waals surface area contributed by atoms with Crippen molar-refractivity contribution in [3.8, 4) is 0 Å². The van der Waals surface area contributed by atoms with E-state index in [1.165, 1.54) is 6.08 Å². The molecule has 0 aromatic heterocycles. The Hall–Kier alpha value is -3.86. The Morgan fingerprint density at radius 1 is 1.05 bits per heavy atom. The van der Waals surface area contributed by atoms with Gasteiger partial charge in [0.2, 0.25) is 0 Å². The Morgan fingerprint density at radius 3 is 2.46 bits per heavy atom. The number of hydrogen-bond donors (Lipinski definition) is 4. The highest BCUT2D eigenvalue weighted by Gasteiger charge is 2.19. The highest BCUT2D eigenvalue weighted by molar-refractivity contribution is 7.87. The summed E-state index contributed by atoms with van der Waals surface area (Å²) >= 11 is 0. The summed E-state index contributed by atoms with van der Waals surface area (Å²) in [5, 5.41) is 18.4. The van der Waals surface area contributed by atoms with Crippen molar-refractivity contribution >= 4 is 38.6 Å². The standard InChI is InChI=1S/C27H31N5O4S/c1-2-24(31-26(28)23-16-15-21-12-6-7-13-22(21)18-23)25(14-8-9-17-30-37(29,34)35)32-27(33)36-19-20-10-4-3-5-11-20/h2-7,10-13,15-16,18,25,28,30H,1,8-9,14,17,19H2,(H,32,33)(H2,29,34,35)/t25-/m0/s1. The number of fused-ring (bicyclic) bond motifs is 1. The van der Waals surface area contributed by atoms with Gasteiger partial charge < -0.3 is 10.1 Å². The number of amidine groups is 1. The van der Waals surface area contributed by atoms with Crippen molar-refractivity contribution in [1.82, 2.24) is 10.0 Å². The number of carbonyl (C=O) groups is 1. The van der Waals surface area contributed by atoms with Gasteiger partial charge in [0.1, 0.15) is 6.61 Å². The third-order valence-corrected chi connectivity index (χ3v) is 6.16. The number of ether oxygens (including phenoxy) is 1. The summed E-state index contributed by atoms with van der Waals surface area (Å²) in [6, 6.07) is 22.2. The van der Waals surface area contributed by atoms with Crippen LogP contribution in [0.2, 0.25) is 0 Å². The first-order chi connectivity index (χ1) is 17.7. The highest BCUT2D eigenvalue weighted by Crippen LogP contribution is 2.17. The number of carbonyl (C=O) groups excluding carboxylic acids is 1. The van der Waals surface area contributed by atoms with Crippen LogP contribution in [-0.4, -0.2) is 38.6 Å². The molecule has 0 radical (unpaired) electrons. The summed E-state index contributed by atoms with van der Waals surface area (Å²) in [5.74, 6) is 0.0287. The second-order valence-electron chi connectivity index (χ2n) is 8.35. The number of unbranched alkanes of at least 4 members (excludes halogenated alkanes) is 1. The van der Waals surface area contributed by atoms with Crippen molar-refractivity contribution in [2.75, 3.05) is 6.54 Å². The molecule has 1 amide bonds. The normalized spacial score (nSPS) is 12.6. The molecule has 3 aromatic carbocycles. The van der Waals surface area contributed by atoms with Gasteiger partial charge in [-0.05, 0) is 47.7 Å². The first kappa shape index (κ1) is 27.7. The second-order valence-corrected chi connectivity index (χ2v) is 9.72. The van der Waals surface area contributed by atoms with Crippen molar-refractivity contribution in [3.05, 3.63) is 96.6 Å². The van der Waals surface area contributed by atoms with Gasteiger partial charge in [0.25, 0.3) is 10.2 Å². The molecular formula is C27H31N5O4S. The largest absolute Gasteiger partial charge is 0.445 e. The number of aliphatic imine (C=N–C) groups is 1. The molecule has 0 spiro atoms. The Morgan fingerprint density at radius 2 is 1.76 bits per heavy atom. The fourth-order valence-electron chi connectivity index (χ4n) is 3.69. The summed E-state index contributed by atoms with van der Waals surface area (Å²) in [6.45, 7) is 4.09. The lowest BCUT2D eigenvalue weighted by Crippen LogP contribution is -2.41. The zero-order valence-electron chi connectivity index (χ0n) is 20.4. The van der Waals surface area contributed by atoms with E-state index < -0.39 is 22.3 Å². The minimum atomic E-state index is -3.77. The van der Waals surface area contributed by atoms with Crippen LogP contribution in [0.15, 0.2) is 90.4 Å². The fraction of sp³-hybridized carbons (Fsp3) is 0.222. The molecule has 37 heavy (non-hydrogen) atoms. The first-order valence-corrected chi connectivity index (χ1v) is 13.3. The Bertz CT molecular complexity index is 1370. The summed E-state index contributed by atoms with van der Waals surface area (Å²) < 4.78 is 29.8. The lowest BCUT2D eigenvalue weighted by atomic mass is 10.0. The number of nitrogens with zero attached hydrogens (tertiary/aromatic N) is 1. The van der Waals surface area contributed by atoms with E-state index in [0.717, 1.165) is 16.3 Å². The number of benzene rings is 3. The Balaban J connectivity index is 1.72. The molecule has 0 saturated heterocycles. The zero-order chi connectivity index (χ0) is 26.7. The van der Waals surface area contributed by atoms with Crippen molar-refractivity contribution in [2.45, 2.75) is 31.9 Å². The monoisotopic (exact) mass is 521 g/mol. The smallest absolute Gasteiger partial charge is 0.408 e. The van der Waals surface area contributed by atoms with E-state index in [1.54, 1.807) is 0 Å². The fourth-order valence-corrected chi connectivity index (χ4v) is 4.11. The Kier molecular flexibility index (Phi) is 10.1. The molecule has 1 atom stereocenters. The molecule has 194 valence electrons. The molecule has 10 heteroatoms. The molecule has 0 aliphatic rings. The number of hydrogen-bond acceptors (Lipinski definition) is 5. The number of nitrogens with one attached hydrogen (secondary N) is 3. The summed E-state index contributed by atoms with van der Waals surface area (Å²) in [7, 11) is -3.77. The van der Waals surface area contributed by atoms with Gasteiger partial charge >= 0.3 is 6.09 Å². The van der Waals surface area contributed by atoms with Gasteiger partial charge in [-0.2, -0.15) is 8.42 Å². The van der Waals surface area contributed by atoms with Gasteiger partial charge in [-0.3, -0.25) is 5.41 Å². The molecule has 0 unspecified atom stereocenters. The van der Waals surface area contributed by atoms with E-state index in [0.29, 0.717) is 30.5 Å². The van der Waals surface area contributed by atoms with E-state index in [9.17, 15) is 13.2 Å². The van der Waals surface area contributed by atoms with Gasteiger partial charge in [-0.25, -0.2) is 19.6 Å². The topological polar surface area (TPSA) is 147 Å².